The number of fused-ring (bicyclic) bond motifs is 1. The first-order valence-corrected chi connectivity index (χ1v) is 12.5. The van der Waals surface area contributed by atoms with Crippen LogP contribution in [0.25, 0.3) is 11.3 Å². The molecule has 3 aromatic carbocycles. The molecule has 1 saturated heterocycles. The first kappa shape index (κ1) is 25.2. The molecule has 0 saturated carbocycles. The summed E-state index contributed by atoms with van der Waals surface area (Å²) in [5.41, 5.74) is 4.55. The highest BCUT2D eigenvalue weighted by Crippen LogP contribution is 2.39. The van der Waals surface area contributed by atoms with E-state index in [4.69, 9.17) is 4.74 Å². The van der Waals surface area contributed by atoms with E-state index in [1.54, 1.807) is 24.3 Å². The Bertz CT molecular complexity index is 1410. The predicted molar refractivity (Wildman–Crippen MR) is 146 cm³/mol. The van der Waals surface area contributed by atoms with E-state index in [0.717, 1.165) is 25.3 Å². The molecule has 9 nitrogen and oxygen atoms in total. The van der Waals surface area contributed by atoms with E-state index in [1.807, 2.05) is 12.1 Å². The number of benzene rings is 3. The van der Waals surface area contributed by atoms with Crippen LogP contribution < -0.4 is 10.6 Å². The van der Waals surface area contributed by atoms with Gasteiger partial charge in [-0.05, 0) is 67.4 Å². The standard InChI is InChI=1S/C29H28N4O5/c1-38-29(35)21-9-7-20(8-10-21)27(26-24-17-23(33(36)37)13-14-25(24)31-28(26)34)30-22-11-5-19(6-12-22)18-32-15-3-2-4-16-32/h5-14,17,30H,2-4,15-16,18H2,1H3,(H,31,34)/b27-26-. The van der Waals surface area contributed by atoms with Crippen molar-refractivity contribution in [2.24, 2.45) is 0 Å². The zero-order chi connectivity index (χ0) is 26.6. The van der Waals surface area contributed by atoms with Gasteiger partial charge in [0.25, 0.3) is 11.6 Å². The third-order valence-corrected chi connectivity index (χ3v) is 6.88. The molecule has 0 bridgehead atoms. The number of ether oxygens (including phenoxy) is 1. The summed E-state index contributed by atoms with van der Waals surface area (Å²) in [6, 6.07) is 19.0. The SMILES string of the molecule is COC(=O)c1ccc(/C(Nc2ccc(CN3CCCCC3)cc2)=C2/C(=O)Nc3ccc([N+](=O)[O-])cc32)cc1. The number of anilines is 2. The Balaban J connectivity index is 1.53. The van der Waals surface area contributed by atoms with E-state index in [9.17, 15) is 19.7 Å². The number of hydrogen-bond acceptors (Lipinski definition) is 7. The molecule has 0 aliphatic carbocycles. The van der Waals surface area contributed by atoms with Gasteiger partial charge in [-0.2, -0.15) is 0 Å². The number of nitro groups is 1. The molecule has 2 heterocycles. The van der Waals surface area contributed by atoms with Crippen molar-refractivity contribution >= 4 is 40.2 Å². The number of carbonyl (C=O) groups is 2. The number of amides is 1. The normalized spacial score (nSPS) is 16.4. The number of likely N-dealkylation sites (tertiary alicyclic amines) is 1. The molecule has 9 heteroatoms. The second kappa shape index (κ2) is 10.9. The smallest absolute Gasteiger partial charge is 0.337 e. The van der Waals surface area contributed by atoms with E-state index < -0.39 is 10.9 Å². The van der Waals surface area contributed by atoms with Crippen molar-refractivity contribution in [2.45, 2.75) is 25.8 Å². The second-order valence-electron chi connectivity index (χ2n) is 9.42. The Morgan fingerprint density at radius 1 is 1.00 bits per heavy atom. The van der Waals surface area contributed by atoms with Gasteiger partial charge in [0.2, 0.25) is 0 Å². The lowest BCUT2D eigenvalue weighted by molar-refractivity contribution is -0.384. The molecule has 0 aromatic heterocycles. The molecule has 0 spiro atoms. The summed E-state index contributed by atoms with van der Waals surface area (Å²) in [6.45, 7) is 3.11. The molecule has 194 valence electrons. The number of carbonyl (C=O) groups excluding carboxylic acids is 2. The van der Waals surface area contributed by atoms with Crippen LogP contribution in [0.2, 0.25) is 0 Å². The molecule has 0 unspecified atom stereocenters. The van der Waals surface area contributed by atoms with Gasteiger partial charge < -0.3 is 15.4 Å². The van der Waals surface area contributed by atoms with Crippen LogP contribution in [-0.4, -0.2) is 41.9 Å². The number of non-ortho nitro benzene ring substituents is 1. The zero-order valence-electron chi connectivity index (χ0n) is 21.0. The van der Waals surface area contributed by atoms with Gasteiger partial charge in [0.1, 0.15) is 0 Å². The minimum Gasteiger partial charge on any atom is -0.465 e. The van der Waals surface area contributed by atoms with Gasteiger partial charge in [0.05, 0.1) is 28.9 Å². The summed E-state index contributed by atoms with van der Waals surface area (Å²) >= 11 is 0. The van der Waals surface area contributed by atoms with Crippen molar-refractivity contribution in [1.82, 2.24) is 4.90 Å². The number of hydrogen-bond donors (Lipinski definition) is 2. The van der Waals surface area contributed by atoms with Crippen LogP contribution in [0.5, 0.6) is 0 Å². The van der Waals surface area contributed by atoms with E-state index in [0.29, 0.717) is 28.1 Å². The van der Waals surface area contributed by atoms with Crippen molar-refractivity contribution in [3.05, 3.63) is 99.1 Å². The molecular formula is C29H28N4O5. The number of esters is 1. The number of rotatable bonds is 7. The van der Waals surface area contributed by atoms with Crippen LogP contribution in [0, 0.1) is 10.1 Å². The van der Waals surface area contributed by atoms with Crippen LogP contribution >= 0.6 is 0 Å². The molecule has 2 aliphatic rings. The monoisotopic (exact) mass is 512 g/mol. The quantitative estimate of drug-likeness (QED) is 0.191. The van der Waals surface area contributed by atoms with Crippen molar-refractivity contribution in [1.29, 1.82) is 0 Å². The summed E-state index contributed by atoms with van der Waals surface area (Å²) in [6.07, 6.45) is 3.75. The van der Waals surface area contributed by atoms with Gasteiger partial charge in [-0.25, -0.2) is 4.79 Å². The lowest BCUT2D eigenvalue weighted by atomic mass is 9.98. The number of nitrogens with one attached hydrogen (secondary N) is 2. The molecule has 38 heavy (non-hydrogen) atoms. The van der Waals surface area contributed by atoms with Crippen molar-refractivity contribution in [3.8, 4) is 0 Å². The molecule has 1 fully saturated rings. The minimum absolute atomic E-state index is 0.111. The van der Waals surface area contributed by atoms with Crippen molar-refractivity contribution in [2.75, 3.05) is 30.8 Å². The summed E-state index contributed by atoms with van der Waals surface area (Å²) in [4.78, 5) is 38.5. The topological polar surface area (TPSA) is 114 Å². The van der Waals surface area contributed by atoms with Crippen LogP contribution in [0.3, 0.4) is 0 Å². The van der Waals surface area contributed by atoms with E-state index >= 15 is 0 Å². The highest BCUT2D eigenvalue weighted by molar-refractivity contribution is 6.37. The molecular weight excluding hydrogens is 484 g/mol. The third kappa shape index (κ3) is 5.28. The predicted octanol–water partition coefficient (Wildman–Crippen LogP) is 5.30. The fourth-order valence-electron chi connectivity index (χ4n) is 4.90. The Morgan fingerprint density at radius 3 is 2.34 bits per heavy atom. The number of piperidine rings is 1. The van der Waals surface area contributed by atoms with Gasteiger partial charge in [0.15, 0.2) is 0 Å². The second-order valence-corrected chi connectivity index (χ2v) is 9.42. The number of methoxy groups -OCH3 is 1. The lowest BCUT2D eigenvalue weighted by Gasteiger charge is -2.26. The van der Waals surface area contributed by atoms with Gasteiger partial charge in [-0.15, -0.1) is 0 Å². The molecule has 5 rings (SSSR count). The summed E-state index contributed by atoms with van der Waals surface area (Å²) in [7, 11) is 1.31. The summed E-state index contributed by atoms with van der Waals surface area (Å²) < 4.78 is 4.80. The van der Waals surface area contributed by atoms with E-state index in [-0.39, 0.29) is 17.2 Å². The Hall–Kier alpha value is -4.50. The maximum atomic E-state index is 13.2. The fourth-order valence-corrected chi connectivity index (χ4v) is 4.90. The molecule has 3 aromatic rings. The largest absolute Gasteiger partial charge is 0.465 e. The Labute approximate surface area is 220 Å². The van der Waals surface area contributed by atoms with E-state index in [2.05, 4.69) is 27.7 Å². The maximum Gasteiger partial charge on any atom is 0.337 e. The fraction of sp³-hybridized carbons (Fsp3) is 0.241. The maximum absolute atomic E-state index is 13.2. The van der Waals surface area contributed by atoms with Crippen LogP contribution in [-0.2, 0) is 16.1 Å². The highest BCUT2D eigenvalue weighted by Gasteiger charge is 2.30. The summed E-state index contributed by atoms with van der Waals surface area (Å²) in [5, 5.41) is 17.6. The van der Waals surface area contributed by atoms with E-state index in [1.165, 1.54) is 50.1 Å². The highest BCUT2D eigenvalue weighted by atomic mass is 16.6. The Kier molecular flexibility index (Phi) is 7.19. The molecule has 2 aliphatic heterocycles. The minimum atomic E-state index is -0.486. The van der Waals surface area contributed by atoms with Crippen LogP contribution in [0.15, 0.2) is 66.7 Å². The van der Waals surface area contributed by atoms with Crippen molar-refractivity contribution < 1.29 is 19.2 Å². The van der Waals surface area contributed by atoms with Gasteiger partial charge in [0, 0.05) is 35.6 Å². The average molecular weight is 513 g/mol. The van der Waals surface area contributed by atoms with Gasteiger partial charge in [-0.1, -0.05) is 30.7 Å². The molecule has 1 amide bonds. The Morgan fingerprint density at radius 2 is 1.68 bits per heavy atom. The summed E-state index contributed by atoms with van der Waals surface area (Å²) in [5.74, 6) is -0.843. The first-order chi connectivity index (χ1) is 18.4. The number of nitro benzene ring substituents is 1. The van der Waals surface area contributed by atoms with Crippen molar-refractivity contribution in [3.63, 3.8) is 0 Å². The van der Waals surface area contributed by atoms with Gasteiger partial charge in [-0.3, -0.25) is 19.8 Å². The molecule has 0 atom stereocenters. The van der Waals surface area contributed by atoms with Crippen LogP contribution in [0.4, 0.5) is 17.1 Å². The van der Waals surface area contributed by atoms with Gasteiger partial charge >= 0.3 is 5.97 Å². The first-order valence-electron chi connectivity index (χ1n) is 12.5. The van der Waals surface area contributed by atoms with Crippen LogP contribution in [0.1, 0.15) is 46.3 Å². The average Bonchev–Trinajstić information content (AvgIpc) is 3.27. The number of nitrogens with zero attached hydrogens (tertiary/aromatic N) is 2. The lowest BCUT2D eigenvalue weighted by Crippen LogP contribution is -2.29. The third-order valence-electron chi connectivity index (χ3n) is 6.88. The zero-order valence-corrected chi connectivity index (χ0v) is 21.0. The molecule has 0 radical (unpaired) electrons. The molecule has 2 N–H and O–H groups in total.